The van der Waals surface area contributed by atoms with E-state index in [0.717, 1.165) is 23.0 Å². The molecule has 0 amide bonds. The van der Waals surface area contributed by atoms with Gasteiger partial charge in [0.05, 0.1) is 31.8 Å². The molecule has 0 radical (unpaired) electrons. The van der Waals surface area contributed by atoms with Crippen LogP contribution >= 0.6 is 0 Å². The first-order chi connectivity index (χ1) is 15.3. The van der Waals surface area contributed by atoms with Crippen molar-refractivity contribution < 1.29 is 15.3 Å². The lowest BCUT2D eigenvalue weighted by molar-refractivity contribution is 0.171. The van der Waals surface area contributed by atoms with Crippen molar-refractivity contribution in [2.75, 3.05) is 11.9 Å². The standard InChI is InChI=1S/C22H29N5O5/c1-3-25-20(31)18-19(26(9-10-28)22(25)32)24-21(23-15-5-4-6-17(15)30)27(18)12-14-7-8-16(29)13(2)11-14/h7-8,11,15,17,28-30H,3-6,9-10,12H2,1-2H3,(H,23,24). The molecule has 3 aromatic rings. The number of anilines is 1. The van der Waals surface area contributed by atoms with Crippen LogP contribution < -0.4 is 16.6 Å². The van der Waals surface area contributed by atoms with Gasteiger partial charge in [-0.15, -0.1) is 0 Å². The Bertz CT molecular complexity index is 1260. The molecule has 4 N–H and O–H groups in total. The van der Waals surface area contributed by atoms with Crippen LogP contribution in [0.2, 0.25) is 0 Å². The van der Waals surface area contributed by atoms with Gasteiger partial charge in [0, 0.05) is 6.54 Å². The molecule has 0 saturated heterocycles. The van der Waals surface area contributed by atoms with Gasteiger partial charge in [0.1, 0.15) is 5.75 Å². The lowest BCUT2D eigenvalue weighted by atomic mass is 10.1. The summed E-state index contributed by atoms with van der Waals surface area (Å²) in [7, 11) is 0. The Kier molecular flexibility index (Phi) is 6.07. The van der Waals surface area contributed by atoms with E-state index >= 15 is 0 Å². The molecule has 0 spiro atoms. The number of aliphatic hydroxyl groups excluding tert-OH is 2. The molecule has 2 unspecified atom stereocenters. The third kappa shape index (κ3) is 3.80. The van der Waals surface area contributed by atoms with Gasteiger partial charge in [-0.1, -0.05) is 12.1 Å². The van der Waals surface area contributed by atoms with Gasteiger partial charge in [0.15, 0.2) is 11.2 Å². The number of aryl methyl sites for hydroxylation is 1. The maximum Gasteiger partial charge on any atom is 0.332 e. The van der Waals surface area contributed by atoms with E-state index in [9.17, 15) is 24.9 Å². The van der Waals surface area contributed by atoms with Gasteiger partial charge in [-0.3, -0.25) is 18.5 Å². The average Bonchev–Trinajstić information content (AvgIpc) is 3.32. The van der Waals surface area contributed by atoms with Crippen LogP contribution in [0.15, 0.2) is 27.8 Å². The SMILES string of the molecule is CCn1c(=O)c2c(nc(NC3CCCC3O)n2Cc2ccc(O)c(C)c2)n(CCO)c1=O. The lowest BCUT2D eigenvalue weighted by Crippen LogP contribution is -2.40. The molecule has 2 aromatic heterocycles. The van der Waals surface area contributed by atoms with Crippen LogP contribution in [0.5, 0.6) is 5.75 Å². The molecule has 1 aromatic carbocycles. The molecule has 1 fully saturated rings. The number of phenolic OH excluding ortho intramolecular Hbond substituents is 1. The number of hydrogen-bond donors (Lipinski definition) is 4. The molecule has 0 aliphatic heterocycles. The fraction of sp³-hybridized carbons (Fsp3) is 0.500. The van der Waals surface area contributed by atoms with E-state index < -0.39 is 17.4 Å². The third-order valence-corrected chi connectivity index (χ3v) is 6.15. The highest BCUT2D eigenvalue weighted by Gasteiger charge is 2.28. The highest BCUT2D eigenvalue weighted by molar-refractivity contribution is 5.74. The van der Waals surface area contributed by atoms with Crippen LogP contribution in [0.3, 0.4) is 0 Å². The second-order valence-corrected chi connectivity index (χ2v) is 8.27. The molecule has 172 valence electrons. The molecule has 2 atom stereocenters. The van der Waals surface area contributed by atoms with Gasteiger partial charge >= 0.3 is 5.69 Å². The van der Waals surface area contributed by atoms with Crippen molar-refractivity contribution in [3.05, 3.63) is 50.2 Å². The van der Waals surface area contributed by atoms with E-state index in [1.807, 2.05) is 6.07 Å². The summed E-state index contributed by atoms with van der Waals surface area (Å²) in [6, 6.07) is 4.99. The number of hydrogen-bond acceptors (Lipinski definition) is 7. The Labute approximate surface area is 184 Å². The smallest absolute Gasteiger partial charge is 0.332 e. The fourth-order valence-electron chi connectivity index (χ4n) is 4.41. The number of benzene rings is 1. The van der Waals surface area contributed by atoms with Gasteiger partial charge in [0.25, 0.3) is 5.56 Å². The van der Waals surface area contributed by atoms with E-state index in [-0.39, 0.29) is 49.2 Å². The number of rotatable bonds is 7. The summed E-state index contributed by atoms with van der Waals surface area (Å²) >= 11 is 0. The van der Waals surface area contributed by atoms with E-state index in [1.165, 1.54) is 4.57 Å². The molecular formula is C22H29N5O5. The minimum Gasteiger partial charge on any atom is -0.508 e. The number of nitrogens with one attached hydrogen (secondary N) is 1. The molecule has 1 aliphatic rings. The zero-order valence-electron chi connectivity index (χ0n) is 18.3. The predicted molar refractivity (Wildman–Crippen MR) is 120 cm³/mol. The maximum atomic E-state index is 13.3. The highest BCUT2D eigenvalue weighted by atomic mass is 16.3. The van der Waals surface area contributed by atoms with Crippen molar-refractivity contribution in [3.63, 3.8) is 0 Å². The first-order valence-corrected chi connectivity index (χ1v) is 10.9. The molecule has 10 nitrogen and oxygen atoms in total. The zero-order chi connectivity index (χ0) is 23.0. The summed E-state index contributed by atoms with van der Waals surface area (Å²) in [5.41, 5.74) is 1.03. The van der Waals surface area contributed by atoms with E-state index in [1.54, 1.807) is 30.5 Å². The minimum atomic E-state index is -0.522. The molecular weight excluding hydrogens is 414 g/mol. The maximum absolute atomic E-state index is 13.3. The van der Waals surface area contributed by atoms with Crippen molar-refractivity contribution in [2.45, 2.75) is 64.9 Å². The summed E-state index contributed by atoms with van der Waals surface area (Å²) in [6.07, 6.45) is 1.82. The summed E-state index contributed by atoms with van der Waals surface area (Å²) in [5.74, 6) is 0.565. The Morgan fingerprint density at radius 2 is 1.97 bits per heavy atom. The Morgan fingerprint density at radius 3 is 2.59 bits per heavy atom. The van der Waals surface area contributed by atoms with E-state index in [0.29, 0.717) is 17.9 Å². The molecule has 1 saturated carbocycles. The molecule has 10 heteroatoms. The third-order valence-electron chi connectivity index (χ3n) is 6.15. The van der Waals surface area contributed by atoms with Crippen LogP contribution in [-0.4, -0.2) is 52.8 Å². The number of nitrogens with zero attached hydrogens (tertiary/aromatic N) is 4. The van der Waals surface area contributed by atoms with Crippen molar-refractivity contribution in [1.29, 1.82) is 0 Å². The average molecular weight is 444 g/mol. The predicted octanol–water partition coefficient (Wildman–Crippen LogP) is 0.760. The molecule has 4 rings (SSSR count). The number of aliphatic hydroxyl groups is 2. The van der Waals surface area contributed by atoms with Crippen LogP contribution in [0.4, 0.5) is 5.95 Å². The van der Waals surface area contributed by atoms with Crippen LogP contribution in [0, 0.1) is 6.92 Å². The van der Waals surface area contributed by atoms with Gasteiger partial charge in [0.2, 0.25) is 5.95 Å². The largest absolute Gasteiger partial charge is 0.508 e. The van der Waals surface area contributed by atoms with Crippen LogP contribution in [0.1, 0.15) is 37.3 Å². The molecule has 32 heavy (non-hydrogen) atoms. The Morgan fingerprint density at radius 1 is 1.19 bits per heavy atom. The number of aromatic hydroxyl groups is 1. The summed E-state index contributed by atoms with van der Waals surface area (Å²) in [5, 5.41) is 33.0. The Balaban J connectivity index is 1.95. The van der Waals surface area contributed by atoms with Crippen LogP contribution in [0.25, 0.3) is 11.2 Å². The molecule has 1 aliphatic carbocycles. The summed E-state index contributed by atoms with van der Waals surface area (Å²) in [6.45, 7) is 3.71. The number of fused-ring (bicyclic) bond motifs is 1. The summed E-state index contributed by atoms with van der Waals surface area (Å²) in [4.78, 5) is 30.7. The van der Waals surface area contributed by atoms with E-state index in [2.05, 4.69) is 10.3 Å². The van der Waals surface area contributed by atoms with Crippen molar-refractivity contribution in [1.82, 2.24) is 18.7 Å². The topological polar surface area (TPSA) is 135 Å². The lowest BCUT2D eigenvalue weighted by Gasteiger charge is -2.18. The number of aromatic nitrogens is 4. The van der Waals surface area contributed by atoms with Crippen molar-refractivity contribution in [3.8, 4) is 5.75 Å². The highest BCUT2D eigenvalue weighted by Crippen LogP contribution is 2.26. The van der Waals surface area contributed by atoms with Crippen molar-refractivity contribution in [2.24, 2.45) is 0 Å². The molecule has 0 bridgehead atoms. The number of phenols is 1. The minimum absolute atomic E-state index is 0.0104. The van der Waals surface area contributed by atoms with Gasteiger partial charge < -0.3 is 20.6 Å². The fourth-order valence-corrected chi connectivity index (χ4v) is 4.41. The zero-order valence-corrected chi connectivity index (χ0v) is 18.3. The monoisotopic (exact) mass is 443 g/mol. The second-order valence-electron chi connectivity index (χ2n) is 8.27. The van der Waals surface area contributed by atoms with E-state index in [4.69, 9.17) is 0 Å². The quantitative estimate of drug-likeness (QED) is 0.423. The first kappa shape index (κ1) is 22.1. The van der Waals surface area contributed by atoms with Gasteiger partial charge in [-0.2, -0.15) is 4.98 Å². The molecule has 2 heterocycles. The Hall–Kier alpha value is -3.11. The first-order valence-electron chi connectivity index (χ1n) is 10.9. The van der Waals surface area contributed by atoms with Gasteiger partial charge in [-0.05, 0) is 50.3 Å². The second kappa shape index (κ2) is 8.79. The van der Waals surface area contributed by atoms with Crippen LogP contribution in [-0.2, 0) is 19.6 Å². The normalized spacial score (nSPS) is 18.5. The van der Waals surface area contributed by atoms with Gasteiger partial charge in [-0.25, -0.2) is 4.79 Å². The van der Waals surface area contributed by atoms with Crippen molar-refractivity contribution >= 4 is 17.1 Å². The summed E-state index contributed by atoms with van der Waals surface area (Å²) < 4.78 is 4.16. The number of imidazole rings is 1.